The van der Waals surface area contributed by atoms with Crippen LogP contribution in [-0.4, -0.2) is 10.9 Å². The van der Waals surface area contributed by atoms with Crippen molar-refractivity contribution >= 4 is 52.0 Å². The lowest BCUT2D eigenvalue weighted by molar-refractivity contribution is 0.102. The van der Waals surface area contributed by atoms with Gasteiger partial charge in [0.2, 0.25) is 0 Å². The van der Waals surface area contributed by atoms with E-state index in [4.69, 9.17) is 41.2 Å². The van der Waals surface area contributed by atoms with Gasteiger partial charge in [-0.15, -0.1) is 0 Å². The maximum atomic E-state index is 13.7. The minimum atomic E-state index is -0.609. The fraction of sp³-hybridized carbons (Fsp3) is 0. The quantitative estimate of drug-likeness (QED) is 0.828. The molecule has 2 aromatic carbocycles. The predicted octanol–water partition coefficient (Wildman–Crippen LogP) is 4.02. The summed E-state index contributed by atoms with van der Waals surface area (Å²) in [6.45, 7) is 0. The molecule has 0 spiro atoms. The Morgan fingerprint density at radius 2 is 1.95 bits per heavy atom. The second-order valence-corrected chi connectivity index (χ2v) is 5.39. The number of anilines is 1. The minimum Gasteiger partial charge on any atom is -0.389 e. The van der Waals surface area contributed by atoms with Crippen LogP contribution < -0.4 is 11.1 Å². The molecule has 0 aliphatic heterocycles. The number of carbonyl (C=O) groups is 1. The molecule has 2 rings (SSSR count). The Balaban J connectivity index is 2.36. The van der Waals surface area contributed by atoms with Gasteiger partial charge >= 0.3 is 0 Å². The highest BCUT2D eigenvalue weighted by atomic mass is 35.5. The third-order valence-electron chi connectivity index (χ3n) is 2.68. The molecule has 0 fully saturated rings. The van der Waals surface area contributed by atoms with Crippen molar-refractivity contribution in [1.29, 1.82) is 0 Å². The van der Waals surface area contributed by atoms with Crippen LogP contribution in [0.1, 0.15) is 15.9 Å². The first-order chi connectivity index (χ1) is 9.90. The number of carbonyl (C=O) groups excluding carboxylic acids is 1. The Kier molecular flexibility index (Phi) is 4.77. The minimum absolute atomic E-state index is 0.0223. The highest BCUT2D eigenvalue weighted by Gasteiger charge is 2.16. The fourth-order valence-corrected chi connectivity index (χ4v) is 2.44. The zero-order chi connectivity index (χ0) is 15.6. The summed E-state index contributed by atoms with van der Waals surface area (Å²) in [4.78, 5) is 12.0. The number of hydrogen-bond donors (Lipinski definition) is 2. The van der Waals surface area contributed by atoms with E-state index in [9.17, 15) is 9.18 Å². The van der Waals surface area contributed by atoms with Gasteiger partial charge in [0, 0.05) is 5.02 Å². The topological polar surface area (TPSA) is 55.1 Å². The van der Waals surface area contributed by atoms with Crippen LogP contribution >= 0.6 is 35.4 Å². The zero-order valence-electron chi connectivity index (χ0n) is 10.5. The summed E-state index contributed by atoms with van der Waals surface area (Å²) in [6, 6.07) is 8.59. The monoisotopic (exact) mass is 342 g/mol. The van der Waals surface area contributed by atoms with Crippen LogP contribution in [0, 0.1) is 5.82 Å². The Labute approximate surface area is 135 Å². The molecule has 0 saturated carbocycles. The SMILES string of the molecule is NC(=S)c1c(F)cccc1NC(=O)c1ccc(Cl)cc1Cl. The van der Waals surface area contributed by atoms with Crippen molar-refractivity contribution in [3.63, 3.8) is 0 Å². The van der Waals surface area contributed by atoms with Crippen LogP contribution in [0.15, 0.2) is 36.4 Å². The summed E-state index contributed by atoms with van der Waals surface area (Å²) >= 11 is 16.5. The molecule has 108 valence electrons. The average molecular weight is 343 g/mol. The van der Waals surface area contributed by atoms with E-state index >= 15 is 0 Å². The summed E-state index contributed by atoms with van der Waals surface area (Å²) < 4.78 is 13.7. The van der Waals surface area contributed by atoms with Gasteiger partial charge in [-0.3, -0.25) is 4.79 Å². The number of benzene rings is 2. The summed E-state index contributed by atoms with van der Waals surface area (Å²) in [5, 5.41) is 3.13. The molecule has 0 saturated heterocycles. The molecule has 3 N–H and O–H groups in total. The number of rotatable bonds is 3. The number of amides is 1. The van der Waals surface area contributed by atoms with Crippen LogP contribution in [0.4, 0.5) is 10.1 Å². The summed E-state index contributed by atoms with van der Waals surface area (Å²) in [7, 11) is 0. The van der Waals surface area contributed by atoms with Crippen LogP contribution in [-0.2, 0) is 0 Å². The van der Waals surface area contributed by atoms with E-state index in [0.29, 0.717) is 5.02 Å². The van der Waals surface area contributed by atoms with E-state index in [2.05, 4.69) is 5.32 Å². The second kappa shape index (κ2) is 6.39. The third-order valence-corrected chi connectivity index (χ3v) is 3.44. The Hall–Kier alpha value is -1.69. The van der Waals surface area contributed by atoms with Crippen LogP contribution in [0.2, 0.25) is 10.0 Å². The molecule has 0 bridgehead atoms. The van der Waals surface area contributed by atoms with Crippen molar-refractivity contribution in [2.75, 3.05) is 5.32 Å². The van der Waals surface area contributed by atoms with Gasteiger partial charge in [0.25, 0.3) is 5.91 Å². The molecule has 1 amide bonds. The predicted molar refractivity (Wildman–Crippen MR) is 86.7 cm³/mol. The van der Waals surface area contributed by atoms with Crippen molar-refractivity contribution < 1.29 is 9.18 Å². The number of thiocarbonyl (C=S) groups is 1. The fourth-order valence-electron chi connectivity index (χ4n) is 1.74. The number of nitrogens with one attached hydrogen (secondary N) is 1. The molecule has 0 aliphatic carbocycles. The zero-order valence-corrected chi connectivity index (χ0v) is 12.8. The first kappa shape index (κ1) is 15.7. The molecule has 0 aromatic heterocycles. The van der Waals surface area contributed by atoms with Crippen LogP contribution in [0.5, 0.6) is 0 Å². The Morgan fingerprint density at radius 1 is 1.24 bits per heavy atom. The van der Waals surface area contributed by atoms with Gasteiger partial charge in [-0.1, -0.05) is 41.5 Å². The van der Waals surface area contributed by atoms with Crippen molar-refractivity contribution in [3.8, 4) is 0 Å². The van der Waals surface area contributed by atoms with Crippen molar-refractivity contribution in [2.45, 2.75) is 0 Å². The summed E-state index contributed by atoms with van der Waals surface area (Å²) in [5.41, 5.74) is 5.84. The standard InChI is InChI=1S/C14H9Cl2FN2OS/c15-7-4-5-8(9(16)6-7)14(20)19-11-3-1-2-10(17)12(11)13(18)21/h1-6H,(H2,18,21)(H,19,20). The lowest BCUT2D eigenvalue weighted by Gasteiger charge is -2.11. The second-order valence-electron chi connectivity index (χ2n) is 4.10. The number of halogens is 3. The summed E-state index contributed by atoms with van der Waals surface area (Å²) in [6.07, 6.45) is 0. The van der Waals surface area contributed by atoms with Crippen molar-refractivity contribution in [2.24, 2.45) is 5.73 Å². The molecular weight excluding hydrogens is 334 g/mol. The van der Waals surface area contributed by atoms with E-state index in [-0.39, 0.29) is 26.8 Å². The van der Waals surface area contributed by atoms with Gasteiger partial charge in [-0.05, 0) is 30.3 Å². The molecule has 0 atom stereocenters. The molecule has 0 unspecified atom stereocenters. The normalized spacial score (nSPS) is 10.2. The van der Waals surface area contributed by atoms with Crippen LogP contribution in [0.3, 0.4) is 0 Å². The van der Waals surface area contributed by atoms with E-state index in [1.807, 2.05) is 0 Å². The van der Waals surface area contributed by atoms with Gasteiger partial charge in [-0.25, -0.2) is 4.39 Å². The van der Waals surface area contributed by atoms with E-state index in [1.54, 1.807) is 0 Å². The molecule has 3 nitrogen and oxygen atoms in total. The maximum Gasteiger partial charge on any atom is 0.257 e. The Morgan fingerprint density at radius 3 is 2.57 bits per heavy atom. The molecule has 0 aliphatic rings. The number of hydrogen-bond acceptors (Lipinski definition) is 2. The van der Waals surface area contributed by atoms with Gasteiger partial charge in [0.1, 0.15) is 10.8 Å². The largest absolute Gasteiger partial charge is 0.389 e. The van der Waals surface area contributed by atoms with E-state index < -0.39 is 11.7 Å². The van der Waals surface area contributed by atoms with E-state index in [1.165, 1.54) is 36.4 Å². The Bertz CT molecular complexity index is 737. The lowest BCUT2D eigenvalue weighted by atomic mass is 10.1. The van der Waals surface area contributed by atoms with Gasteiger partial charge in [0.15, 0.2) is 0 Å². The smallest absolute Gasteiger partial charge is 0.257 e. The molecule has 21 heavy (non-hydrogen) atoms. The van der Waals surface area contributed by atoms with Crippen molar-refractivity contribution in [3.05, 3.63) is 63.4 Å². The molecular formula is C14H9Cl2FN2OS. The molecule has 2 aromatic rings. The summed E-state index contributed by atoms with van der Waals surface area (Å²) in [5.74, 6) is -1.12. The highest BCUT2D eigenvalue weighted by molar-refractivity contribution is 7.80. The molecule has 0 radical (unpaired) electrons. The average Bonchev–Trinajstić information content (AvgIpc) is 2.37. The van der Waals surface area contributed by atoms with Crippen LogP contribution in [0.25, 0.3) is 0 Å². The van der Waals surface area contributed by atoms with Gasteiger partial charge in [-0.2, -0.15) is 0 Å². The van der Waals surface area contributed by atoms with Gasteiger partial charge in [0.05, 0.1) is 21.8 Å². The van der Waals surface area contributed by atoms with E-state index in [0.717, 1.165) is 0 Å². The van der Waals surface area contributed by atoms with Crippen molar-refractivity contribution in [1.82, 2.24) is 0 Å². The maximum absolute atomic E-state index is 13.7. The first-order valence-corrected chi connectivity index (χ1v) is 6.91. The lowest BCUT2D eigenvalue weighted by Crippen LogP contribution is -2.19. The first-order valence-electron chi connectivity index (χ1n) is 5.75. The highest BCUT2D eigenvalue weighted by Crippen LogP contribution is 2.24. The number of nitrogens with two attached hydrogens (primary N) is 1. The molecule has 7 heteroatoms. The van der Waals surface area contributed by atoms with Gasteiger partial charge < -0.3 is 11.1 Å². The molecule has 0 heterocycles. The third kappa shape index (κ3) is 3.50.